The Morgan fingerprint density at radius 3 is 2.95 bits per heavy atom. The number of amides is 2. The number of ether oxygens (including phenoxy) is 2. The standard InChI is InChI=1S/C15H23N3O3/c1-20-14-5-2-4-13(12-14)17-15(19)16-6-3-7-18-8-10-21-11-9-18/h2,4-5,12H,3,6-11H2,1H3,(H2,16,17,19). The average molecular weight is 293 g/mol. The Balaban J connectivity index is 1.62. The van der Waals surface area contributed by atoms with Crippen molar-refractivity contribution < 1.29 is 14.3 Å². The molecule has 0 aliphatic carbocycles. The molecule has 6 heteroatoms. The maximum absolute atomic E-state index is 11.8. The maximum atomic E-state index is 11.8. The number of hydrogen-bond donors (Lipinski definition) is 2. The van der Waals surface area contributed by atoms with E-state index in [1.807, 2.05) is 18.2 Å². The number of morpholine rings is 1. The Morgan fingerprint density at radius 1 is 1.38 bits per heavy atom. The summed E-state index contributed by atoms with van der Waals surface area (Å²) in [6.07, 6.45) is 0.936. The second-order valence-corrected chi connectivity index (χ2v) is 4.92. The molecular weight excluding hydrogens is 270 g/mol. The number of methoxy groups -OCH3 is 1. The number of benzene rings is 1. The molecule has 0 saturated carbocycles. The quantitative estimate of drug-likeness (QED) is 0.781. The number of carbonyl (C=O) groups excluding carboxylic acids is 1. The molecular formula is C15H23N3O3. The minimum absolute atomic E-state index is 0.190. The van der Waals surface area contributed by atoms with Crippen molar-refractivity contribution >= 4 is 11.7 Å². The second kappa shape index (κ2) is 8.49. The van der Waals surface area contributed by atoms with Gasteiger partial charge < -0.3 is 20.1 Å². The monoisotopic (exact) mass is 293 g/mol. The van der Waals surface area contributed by atoms with Crippen LogP contribution in [-0.2, 0) is 4.74 Å². The van der Waals surface area contributed by atoms with E-state index in [2.05, 4.69) is 15.5 Å². The van der Waals surface area contributed by atoms with Crippen LogP contribution in [0.3, 0.4) is 0 Å². The zero-order chi connectivity index (χ0) is 14.9. The first kappa shape index (κ1) is 15.6. The molecule has 0 atom stereocenters. The summed E-state index contributed by atoms with van der Waals surface area (Å²) < 4.78 is 10.4. The molecule has 21 heavy (non-hydrogen) atoms. The first-order valence-corrected chi connectivity index (χ1v) is 7.27. The molecule has 116 valence electrons. The predicted molar refractivity (Wildman–Crippen MR) is 81.9 cm³/mol. The largest absolute Gasteiger partial charge is 0.497 e. The summed E-state index contributed by atoms with van der Waals surface area (Å²) in [5.41, 5.74) is 0.722. The van der Waals surface area contributed by atoms with Crippen LogP contribution >= 0.6 is 0 Å². The van der Waals surface area contributed by atoms with Gasteiger partial charge in [0.25, 0.3) is 0 Å². The number of nitrogens with one attached hydrogen (secondary N) is 2. The molecule has 1 saturated heterocycles. The van der Waals surface area contributed by atoms with Gasteiger partial charge in [-0.05, 0) is 25.1 Å². The third-order valence-corrected chi connectivity index (χ3v) is 3.37. The number of rotatable bonds is 6. The molecule has 6 nitrogen and oxygen atoms in total. The second-order valence-electron chi connectivity index (χ2n) is 4.92. The van der Waals surface area contributed by atoms with Crippen LogP contribution in [0.1, 0.15) is 6.42 Å². The molecule has 1 aliphatic heterocycles. The van der Waals surface area contributed by atoms with Crippen LogP contribution in [0.15, 0.2) is 24.3 Å². The minimum atomic E-state index is -0.190. The lowest BCUT2D eigenvalue weighted by molar-refractivity contribution is 0.0375. The number of nitrogens with zero attached hydrogens (tertiary/aromatic N) is 1. The molecule has 1 aliphatic rings. The smallest absolute Gasteiger partial charge is 0.319 e. The molecule has 0 unspecified atom stereocenters. The third kappa shape index (κ3) is 5.61. The van der Waals surface area contributed by atoms with Crippen molar-refractivity contribution in [2.75, 3.05) is 51.8 Å². The van der Waals surface area contributed by atoms with E-state index in [9.17, 15) is 4.79 Å². The first-order chi connectivity index (χ1) is 10.3. The first-order valence-electron chi connectivity index (χ1n) is 7.27. The average Bonchev–Trinajstić information content (AvgIpc) is 2.53. The van der Waals surface area contributed by atoms with Crippen molar-refractivity contribution in [2.45, 2.75) is 6.42 Å². The highest BCUT2D eigenvalue weighted by Crippen LogP contribution is 2.16. The van der Waals surface area contributed by atoms with Crippen LogP contribution in [0.5, 0.6) is 5.75 Å². The third-order valence-electron chi connectivity index (χ3n) is 3.37. The van der Waals surface area contributed by atoms with E-state index < -0.39 is 0 Å². The van der Waals surface area contributed by atoms with Gasteiger partial charge in [0.2, 0.25) is 0 Å². The number of carbonyl (C=O) groups is 1. The fourth-order valence-electron chi connectivity index (χ4n) is 2.21. The van der Waals surface area contributed by atoms with Crippen LogP contribution in [-0.4, -0.2) is 57.4 Å². The summed E-state index contributed by atoms with van der Waals surface area (Å²) in [7, 11) is 1.60. The van der Waals surface area contributed by atoms with E-state index in [0.29, 0.717) is 6.54 Å². The van der Waals surface area contributed by atoms with Crippen LogP contribution in [0.2, 0.25) is 0 Å². The number of hydrogen-bond acceptors (Lipinski definition) is 4. The molecule has 2 rings (SSSR count). The number of urea groups is 1. The lowest BCUT2D eigenvalue weighted by Gasteiger charge is -2.26. The molecule has 1 aromatic rings. The molecule has 2 N–H and O–H groups in total. The molecule has 1 fully saturated rings. The van der Waals surface area contributed by atoms with Gasteiger partial charge in [0.05, 0.1) is 20.3 Å². The number of anilines is 1. The summed E-state index contributed by atoms with van der Waals surface area (Å²) in [5.74, 6) is 0.722. The Kier molecular flexibility index (Phi) is 6.30. The Labute approximate surface area is 125 Å². The molecule has 0 aromatic heterocycles. The lowest BCUT2D eigenvalue weighted by atomic mass is 10.3. The van der Waals surface area contributed by atoms with Gasteiger partial charge in [0.15, 0.2) is 0 Å². The van der Waals surface area contributed by atoms with Gasteiger partial charge >= 0.3 is 6.03 Å². The highest BCUT2D eigenvalue weighted by Gasteiger charge is 2.09. The Hall–Kier alpha value is -1.79. The molecule has 1 heterocycles. The summed E-state index contributed by atoms with van der Waals surface area (Å²) in [4.78, 5) is 14.1. The molecule has 2 amide bonds. The van der Waals surface area contributed by atoms with Crippen molar-refractivity contribution in [3.05, 3.63) is 24.3 Å². The molecule has 0 spiro atoms. The van der Waals surface area contributed by atoms with Crippen molar-refractivity contribution in [3.8, 4) is 5.75 Å². The molecule has 0 radical (unpaired) electrons. The van der Waals surface area contributed by atoms with E-state index in [0.717, 1.165) is 50.7 Å². The highest BCUT2D eigenvalue weighted by molar-refractivity contribution is 5.89. The van der Waals surface area contributed by atoms with Gasteiger partial charge in [-0.25, -0.2) is 4.79 Å². The normalized spacial score (nSPS) is 15.5. The van der Waals surface area contributed by atoms with Crippen molar-refractivity contribution in [2.24, 2.45) is 0 Å². The SMILES string of the molecule is COc1cccc(NC(=O)NCCCN2CCOCC2)c1. The van der Waals surface area contributed by atoms with E-state index in [4.69, 9.17) is 9.47 Å². The van der Waals surface area contributed by atoms with Gasteiger partial charge in [-0.15, -0.1) is 0 Å². The van der Waals surface area contributed by atoms with E-state index in [-0.39, 0.29) is 6.03 Å². The fourth-order valence-corrected chi connectivity index (χ4v) is 2.21. The molecule has 1 aromatic carbocycles. The highest BCUT2D eigenvalue weighted by atomic mass is 16.5. The van der Waals surface area contributed by atoms with Crippen molar-refractivity contribution in [1.82, 2.24) is 10.2 Å². The molecule has 0 bridgehead atoms. The fraction of sp³-hybridized carbons (Fsp3) is 0.533. The van der Waals surface area contributed by atoms with Gasteiger partial charge in [-0.2, -0.15) is 0 Å². The maximum Gasteiger partial charge on any atom is 0.319 e. The Morgan fingerprint density at radius 2 is 2.19 bits per heavy atom. The van der Waals surface area contributed by atoms with Crippen LogP contribution in [0, 0.1) is 0 Å². The summed E-state index contributed by atoms with van der Waals surface area (Å²) in [6.45, 7) is 5.23. The van der Waals surface area contributed by atoms with Crippen molar-refractivity contribution in [1.29, 1.82) is 0 Å². The van der Waals surface area contributed by atoms with Gasteiger partial charge in [0, 0.05) is 31.4 Å². The van der Waals surface area contributed by atoms with Gasteiger partial charge in [0.1, 0.15) is 5.75 Å². The lowest BCUT2D eigenvalue weighted by Crippen LogP contribution is -2.38. The topological polar surface area (TPSA) is 62.8 Å². The zero-order valence-corrected chi connectivity index (χ0v) is 12.4. The summed E-state index contributed by atoms with van der Waals surface area (Å²) in [6, 6.07) is 7.10. The van der Waals surface area contributed by atoms with E-state index >= 15 is 0 Å². The van der Waals surface area contributed by atoms with Crippen LogP contribution < -0.4 is 15.4 Å². The van der Waals surface area contributed by atoms with E-state index in [1.165, 1.54) is 0 Å². The minimum Gasteiger partial charge on any atom is -0.497 e. The van der Waals surface area contributed by atoms with Crippen LogP contribution in [0.25, 0.3) is 0 Å². The summed E-state index contributed by atoms with van der Waals surface area (Å²) >= 11 is 0. The van der Waals surface area contributed by atoms with Crippen LogP contribution in [0.4, 0.5) is 10.5 Å². The zero-order valence-electron chi connectivity index (χ0n) is 12.4. The van der Waals surface area contributed by atoms with Crippen molar-refractivity contribution in [3.63, 3.8) is 0 Å². The van der Waals surface area contributed by atoms with E-state index in [1.54, 1.807) is 13.2 Å². The Bertz CT molecular complexity index is 448. The van der Waals surface area contributed by atoms with Gasteiger partial charge in [-0.1, -0.05) is 6.07 Å². The van der Waals surface area contributed by atoms with Gasteiger partial charge in [-0.3, -0.25) is 4.90 Å². The summed E-state index contributed by atoms with van der Waals surface area (Å²) in [5, 5.41) is 5.65. The predicted octanol–water partition coefficient (Wildman–Crippen LogP) is 1.54.